The van der Waals surface area contributed by atoms with E-state index in [1.54, 1.807) is 0 Å². The minimum absolute atomic E-state index is 0.0512. The van der Waals surface area contributed by atoms with Gasteiger partial charge in [-0.05, 0) is 56.4 Å². The number of hydrogen-bond acceptors (Lipinski definition) is 9. The van der Waals surface area contributed by atoms with Gasteiger partial charge in [-0.2, -0.15) is 0 Å². The number of ether oxygens (including phenoxy) is 2. The summed E-state index contributed by atoms with van der Waals surface area (Å²) in [6.07, 6.45) is -2.84. The third kappa shape index (κ3) is 12.3. The minimum atomic E-state index is -0.872. The van der Waals surface area contributed by atoms with E-state index in [9.17, 15) is 15.3 Å². The van der Waals surface area contributed by atoms with Gasteiger partial charge in [0, 0.05) is 19.6 Å². The molecular formula is C19H44N4O5. The maximum absolute atomic E-state index is 10.8. The molecule has 0 fully saturated rings. The van der Waals surface area contributed by atoms with Gasteiger partial charge in [0.25, 0.3) is 0 Å². The Balaban J connectivity index is 4.99. The minimum Gasteiger partial charge on any atom is -0.389 e. The summed E-state index contributed by atoms with van der Waals surface area (Å²) in [5.74, 6) is 0. The van der Waals surface area contributed by atoms with Gasteiger partial charge in [-0.3, -0.25) is 0 Å². The number of likely N-dealkylation sites (N-methyl/N-ethyl adjacent to an activating group) is 4. The Kier molecular flexibility index (Phi) is 14.4. The fraction of sp³-hybridized carbons (Fsp3) is 1.00. The molecule has 3 N–H and O–H groups in total. The second-order valence-electron chi connectivity index (χ2n) is 8.44. The zero-order valence-corrected chi connectivity index (χ0v) is 19.1. The number of rotatable bonds is 16. The molecule has 0 saturated heterocycles. The second kappa shape index (κ2) is 14.6. The Morgan fingerprint density at radius 2 is 1.29 bits per heavy atom. The zero-order valence-electron chi connectivity index (χ0n) is 19.1. The first-order valence-electron chi connectivity index (χ1n) is 9.79. The molecule has 0 aliphatic carbocycles. The molecule has 9 nitrogen and oxygen atoms in total. The van der Waals surface area contributed by atoms with Gasteiger partial charge in [0.05, 0.1) is 44.2 Å². The average molecular weight is 409 g/mol. The summed E-state index contributed by atoms with van der Waals surface area (Å²) >= 11 is 0. The first-order chi connectivity index (χ1) is 13.0. The van der Waals surface area contributed by atoms with Crippen molar-refractivity contribution < 1.29 is 24.8 Å². The normalized spacial score (nSPS) is 18.1. The number of aliphatic hydroxyl groups is 3. The van der Waals surface area contributed by atoms with Crippen LogP contribution in [0.1, 0.15) is 0 Å². The van der Waals surface area contributed by atoms with E-state index in [-0.39, 0.29) is 13.2 Å². The van der Waals surface area contributed by atoms with E-state index in [0.717, 1.165) is 0 Å². The van der Waals surface area contributed by atoms with Crippen molar-refractivity contribution in [2.45, 2.75) is 30.5 Å². The lowest BCUT2D eigenvalue weighted by atomic mass is 9.98. The fourth-order valence-electron chi connectivity index (χ4n) is 3.04. The SMILES string of the molecule is CN(C)CCOC(C(O)CN(C)C)C(C(O)COCC(O)CN(C)C)N(C)C. The Labute approximate surface area is 171 Å². The standard InChI is InChI=1S/C19H44N4O5/c1-20(2)9-10-28-19(16(25)12-22(5)6)18(23(7)8)17(26)14-27-13-15(24)11-21(3)4/h15-19,24-26H,9-14H2,1-8H3. The van der Waals surface area contributed by atoms with Crippen LogP contribution in [0.15, 0.2) is 0 Å². The largest absolute Gasteiger partial charge is 0.389 e. The van der Waals surface area contributed by atoms with Gasteiger partial charge in [0.2, 0.25) is 0 Å². The lowest BCUT2D eigenvalue weighted by Gasteiger charge is -2.38. The summed E-state index contributed by atoms with van der Waals surface area (Å²) in [6.45, 7) is 2.27. The highest BCUT2D eigenvalue weighted by Crippen LogP contribution is 2.16. The quantitative estimate of drug-likeness (QED) is 0.270. The van der Waals surface area contributed by atoms with Gasteiger partial charge in [-0.15, -0.1) is 0 Å². The van der Waals surface area contributed by atoms with Crippen molar-refractivity contribution in [3.63, 3.8) is 0 Å². The van der Waals surface area contributed by atoms with Crippen molar-refractivity contribution in [1.29, 1.82) is 0 Å². The van der Waals surface area contributed by atoms with Gasteiger partial charge in [-0.25, -0.2) is 0 Å². The van der Waals surface area contributed by atoms with Crippen LogP contribution in [0.5, 0.6) is 0 Å². The predicted octanol–water partition coefficient (Wildman–Crippen LogP) is -1.91. The Morgan fingerprint density at radius 1 is 0.714 bits per heavy atom. The van der Waals surface area contributed by atoms with Crippen molar-refractivity contribution in [1.82, 2.24) is 19.6 Å². The van der Waals surface area contributed by atoms with Gasteiger partial charge in [0.1, 0.15) is 6.10 Å². The molecule has 0 spiro atoms. The fourth-order valence-corrected chi connectivity index (χ4v) is 3.04. The third-order valence-corrected chi connectivity index (χ3v) is 4.28. The summed E-state index contributed by atoms with van der Waals surface area (Å²) in [7, 11) is 15.1. The van der Waals surface area contributed by atoms with Crippen LogP contribution in [0.4, 0.5) is 0 Å². The summed E-state index contributed by atoms with van der Waals surface area (Å²) in [5, 5.41) is 31.4. The highest BCUT2D eigenvalue weighted by atomic mass is 16.5. The summed E-state index contributed by atoms with van der Waals surface area (Å²) in [4.78, 5) is 7.62. The van der Waals surface area contributed by atoms with Crippen LogP contribution >= 0.6 is 0 Å². The van der Waals surface area contributed by atoms with Crippen LogP contribution in [0.2, 0.25) is 0 Å². The summed E-state index contributed by atoms with van der Waals surface area (Å²) in [6, 6.07) is -0.455. The molecule has 5 unspecified atom stereocenters. The van der Waals surface area contributed by atoms with Crippen molar-refractivity contribution in [3.8, 4) is 0 Å². The van der Waals surface area contributed by atoms with Crippen molar-refractivity contribution >= 4 is 0 Å². The van der Waals surface area contributed by atoms with Gasteiger partial charge >= 0.3 is 0 Å². The molecule has 0 aromatic rings. The molecule has 0 amide bonds. The Hall–Kier alpha value is -0.360. The van der Waals surface area contributed by atoms with Crippen molar-refractivity contribution in [2.75, 3.05) is 95.8 Å². The van der Waals surface area contributed by atoms with Crippen LogP contribution in [-0.2, 0) is 9.47 Å². The molecule has 0 bridgehead atoms. The maximum atomic E-state index is 10.8. The van der Waals surface area contributed by atoms with E-state index >= 15 is 0 Å². The molecule has 28 heavy (non-hydrogen) atoms. The van der Waals surface area contributed by atoms with E-state index in [4.69, 9.17) is 9.47 Å². The van der Waals surface area contributed by atoms with E-state index in [1.165, 1.54) is 0 Å². The topological polar surface area (TPSA) is 92.1 Å². The molecule has 5 atom stereocenters. The maximum Gasteiger partial charge on any atom is 0.103 e. The third-order valence-electron chi connectivity index (χ3n) is 4.28. The number of aliphatic hydroxyl groups excluding tert-OH is 3. The molecule has 0 aromatic heterocycles. The molecule has 0 heterocycles. The molecule has 0 saturated carbocycles. The van der Waals surface area contributed by atoms with Crippen LogP contribution in [0, 0.1) is 0 Å². The number of hydrogen-bond donors (Lipinski definition) is 3. The van der Waals surface area contributed by atoms with E-state index in [1.807, 2.05) is 76.0 Å². The first kappa shape index (κ1) is 27.6. The Bertz CT molecular complexity index is 385. The Morgan fingerprint density at radius 3 is 1.75 bits per heavy atom. The van der Waals surface area contributed by atoms with E-state index < -0.39 is 30.5 Å². The van der Waals surface area contributed by atoms with Crippen LogP contribution in [-0.4, -0.2) is 161 Å². The lowest BCUT2D eigenvalue weighted by molar-refractivity contribution is -0.123. The predicted molar refractivity (Wildman–Crippen MR) is 112 cm³/mol. The smallest absolute Gasteiger partial charge is 0.103 e. The molecule has 0 aliphatic heterocycles. The monoisotopic (exact) mass is 408 g/mol. The van der Waals surface area contributed by atoms with Gasteiger partial charge in [-0.1, -0.05) is 0 Å². The first-order valence-corrected chi connectivity index (χ1v) is 9.79. The number of nitrogens with zero attached hydrogens (tertiary/aromatic N) is 4. The highest BCUT2D eigenvalue weighted by molar-refractivity contribution is 4.89. The summed E-state index contributed by atoms with van der Waals surface area (Å²) < 4.78 is 11.5. The van der Waals surface area contributed by atoms with E-state index in [2.05, 4.69) is 0 Å². The molecule has 170 valence electrons. The summed E-state index contributed by atoms with van der Waals surface area (Å²) in [5.41, 5.74) is 0. The second-order valence-corrected chi connectivity index (χ2v) is 8.44. The molecule has 0 aromatic carbocycles. The van der Waals surface area contributed by atoms with Crippen LogP contribution in [0.25, 0.3) is 0 Å². The molecule has 0 aliphatic rings. The zero-order chi connectivity index (χ0) is 21.9. The van der Waals surface area contributed by atoms with Gasteiger partial charge in [0.15, 0.2) is 0 Å². The highest BCUT2D eigenvalue weighted by Gasteiger charge is 2.36. The van der Waals surface area contributed by atoms with Crippen molar-refractivity contribution in [2.24, 2.45) is 0 Å². The van der Waals surface area contributed by atoms with Crippen LogP contribution < -0.4 is 0 Å². The molecule has 0 rings (SSSR count). The van der Waals surface area contributed by atoms with Gasteiger partial charge < -0.3 is 44.4 Å². The molecule has 0 radical (unpaired) electrons. The lowest BCUT2D eigenvalue weighted by Crippen LogP contribution is -2.57. The average Bonchev–Trinajstić information content (AvgIpc) is 2.51. The van der Waals surface area contributed by atoms with Crippen molar-refractivity contribution in [3.05, 3.63) is 0 Å². The molecule has 9 heteroatoms. The van der Waals surface area contributed by atoms with Crippen LogP contribution in [0.3, 0.4) is 0 Å². The van der Waals surface area contributed by atoms with E-state index in [0.29, 0.717) is 26.2 Å². The molecular weight excluding hydrogens is 364 g/mol.